The maximum Gasteiger partial charge on any atom is 0.317 e. The molecule has 1 aromatic heterocycles. The Bertz CT molecular complexity index is 507. The van der Waals surface area contributed by atoms with Gasteiger partial charge in [-0.05, 0) is 14.0 Å². The number of aliphatic carboxylic acids is 1. The summed E-state index contributed by atoms with van der Waals surface area (Å²) < 4.78 is 4.82. The molecule has 2 N–H and O–H groups in total. The number of aromatic nitrogens is 1. The van der Waals surface area contributed by atoms with Gasteiger partial charge in [0.1, 0.15) is 0 Å². The molecule has 1 rings (SSSR count). The first-order valence-electron chi connectivity index (χ1n) is 5.69. The normalized spacial score (nSPS) is 10.7. The van der Waals surface area contributed by atoms with E-state index in [1.54, 1.807) is 18.9 Å². The third kappa shape index (κ3) is 5.23. The summed E-state index contributed by atoms with van der Waals surface area (Å²) in [5.41, 5.74) is 0.491. The van der Waals surface area contributed by atoms with Gasteiger partial charge < -0.3 is 14.8 Å². The van der Waals surface area contributed by atoms with E-state index in [9.17, 15) is 14.4 Å². The number of carbonyl (C=O) groups is 2. The van der Waals surface area contributed by atoms with Crippen molar-refractivity contribution in [1.82, 2.24) is 9.88 Å². The lowest BCUT2D eigenvalue weighted by Crippen LogP contribution is -2.25. The molecule has 0 aliphatic rings. The Balaban J connectivity index is 2.75. The van der Waals surface area contributed by atoms with E-state index < -0.39 is 11.9 Å². The van der Waals surface area contributed by atoms with Crippen LogP contribution in [0.2, 0.25) is 0 Å². The van der Waals surface area contributed by atoms with Crippen LogP contribution < -0.4 is 4.87 Å². The summed E-state index contributed by atoms with van der Waals surface area (Å²) in [6.45, 7) is 2.15. The summed E-state index contributed by atoms with van der Waals surface area (Å²) in [4.78, 5) is 37.8. The van der Waals surface area contributed by atoms with Crippen LogP contribution >= 0.6 is 11.3 Å². The molecule has 8 heteroatoms. The first-order valence-corrected chi connectivity index (χ1v) is 6.50. The monoisotopic (exact) mass is 288 g/mol. The van der Waals surface area contributed by atoms with Gasteiger partial charge >= 0.3 is 16.8 Å². The molecule has 0 aliphatic carbocycles. The second-order valence-corrected chi connectivity index (χ2v) is 5.03. The first kappa shape index (κ1) is 15.4. The van der Waals surface area contributed by atoms with Crippen molar-refractivity contribution in [2.75, 3.05) is 20.2 Å². The number of carboxylic acids is 1. The van der Waals surface area contributed by atoms with Gasteiger partial charge in [-0.1, -0.05) is 11.3 Å². The van der Waals surface area contributed by atoms with E-state index in [0.717, 1.165) is 11.3 Å². The van der Waals surface area contributed by atoms with Gasteiger partial charge in [0.15, 0.2) is 0 Å². The van der Waals surface area contributed by atoms with E-state index >= 15 is 0 Å². The van der Waals surface area contributed by atoms with E-state index in [1.807, 2.05) is 0 Å². The largest absolute Gasteiger partial charge is 0.480 e. The molecule has 0 bridgehead atoms. The fourth-order valence-electron chi connectivity index (χ4n) is 1.55. The average Bonchev–Trinajstić information content (AvgIpc) is 2.57. The Labute approximate surface area is 113 Å². The van der Waals surface area contributed by atoms with Crippen LogP contribution in [0.4, 0.5) is 0 Å². The van der Waals surface area contributed by atoms with Gasteiger partial charge in [-0.3, -0.25) is 19.3 Å². The van der Waals surface area contributed by atoms with E-state index in [0.29, 0.717) is 17.1 Å². The second-order valence-electron chi connectivity index (χ2n) is 3.96. The number of rotatable bonds is 7. The SMILES string of the molecule is CCOC(=O)Cc1[nH]c(=O)sc1CN(C)CC(=O)O. The molecule has 0 fully saturated rings. The van der Waals surface area contributed by atoms with E-state index in [2.05, 4.69) is 4.98 Å². The lowest BCUT2D eigenvalue weighted by molar-refractivity contribution is -0.142. The summed E-state index contributed by atoms with van der Waals surface area (Å²) in [6.07, 6.45) is -0.0111. The first-order chi connectivity index (χ1) is 8.92. The number of esters is 1. The summed E-state index contributed by atoms with van der Waals surface area (Å²) >= 11 is 0.976. The maximum absolute atomic E-state index is 11.4. The number of thiazole rings is 1. The van der Waals surface area contributed by atoms with Gasteiger partial charge in [0.05, 0.1) is 19.6 Å². The lowest BCUT2D eigenvalue weighted by atomic mass is 10.2. The molecule has 1 heterocycles. The van der Waals surface area contributed by atoms with Crippen LogP contribution in [-0.2, 0) is 27.3 Å². The minimum atomic E-state index is -0.947. The molecular weight excluding hydrogens is 272 g/mol. The third-order valence-electron chi connectivity index (χ3n) is 2.25. The summed E-state index contributed by atoms with van der Waals surface area (Å²) in [7, 11) is 1.63. The minimum Gasteiger partial charge on any atom is -0.480 e. The number of aromatic amines is 1. The Morgan fingerprint density at radius 3 is 2.74 bits per heavy atom. The standard InChI is InChI=1S/C11H16N2O5S/c1-3-18-10(16)4-7-8(19-11(17)12-7)5-13(2)6-9(14)15/h3-6H2,1-2H3,(H,12,17)(H,14,15). The zero-order valence-corrected chi connectivity index (χ0v) is 11.6. The Morgan fingerprint density at radius 1 is 1.47 bits per heavy atom. The fourth-order valence-corrected chi connectivity index (χ4v) is 2.48. The number of nitrogens with one attached hydrogen (secondary N) is 1. The van der Waals surface area contributed by atoms with Crippen LogP contribution in [0.5, 0.6) is 0 Å². The highest BCUT2D eigenvalue weighted by molar-refractivity contribution is 7.09. The molecule has 0 radical (unpaired) electrons. The van der Waals surface area contributed by atoms with Crippen LogP contribution in [0.1, 0.15) is 17.5 Å². The van der Waals surface area contributed by atoms with Gasteiger partial charge in [-0.15, -0.1) is 0 Å². The predicted octanol–water partition coefficient (Wildman–Crippen LogP) is 0.0584. The van der Waals surface area contributed by atoms with Crippen molar-refractivity contribution >= 4 is 23.3 Å². The van der Waals surface area contributed by atoms with Gasteiger partial charge in [-0.2, -0.15) is 0 Å². The molecule has 106 valence electrons. The smallest absolute Gasteiger partial charge is 0.317 e. The summed E-state index contributed by atoms with van der Waals surface area (Å²) in [5.74, 6) is -1.36. The van der Waals surface area contributed by atoms with Crippen LogP contribution in [-0.4, -0.2) is 47.1 Å². The number of ether oxygens (including phenoxy) is 1. The van der Waals surface area contributed by atoms with Gasteiger partial charge in [0.25, 0.3) is 0 Å². The molecule has 1 aromatic rings. The molecule has 7 nitrogen and oxygen atoms in total. The third-order valence-corrected chi connectivity index (χ3v) is 3.16. The van der Waals surface area contributed by atoms with Crippen LogP contribution in [0.15, 0.2) is 4.79 Å². The highest BCUT2D eigenvalue weighted by Crippen LogP contribution is 2.13. The molecule has 0 amide bonds. The van der Waals surface area contributed by atoms with Crippen molar-refractivity contribution in [2.24, 2.45) is 0 Å². The highest BCUT2D eigenvalue weighted by atomic mass is 32.1. The molecule has 0 aliphatic heterocycles. The molecule has 0 atom stereocenters. The van der Waals surface area contributed by atoms with Crippen molar-refractivity contribution in [3.63, 3.8) is 0 Å². The predicted molar refractivity (Wildman–Crippen MR) is 69.2 cm³/mol. The number of H-pyrrole nitrogens is 1. The number of hydrogen-bond donors (Lipinski definition) is 2. The van der Waals surface area contributed by atoms with E-state index in [-0.39, 0.29) is 24.4 Å². The molecule has 0 aromatic carbocycles. The van der Waals surface area contributed by atoms with Crippen molar-refractivity contribution in [2.45, 2.75) is 19.9 Å². The lowest BCUT2D eigenvalue weighted by Gasteiger charge is -2.13. The van der Waals surface area contributed by atoms with Crippen molar-refractivity contribution in [1.29, 1.82) is 0 Å². The maximum atomic E-state index is 11.4. The number of hydrogen-bond acceptors (Lipinski definition) is 6. The summed E-state index contributed by atoms with van der Waals surface area (Å²) in [6, 6.07) is 0. The Hall–Kier alpha value is -1.67. The van der Waals surface area contributed by atoms with Crippen LogP contribution in [0.3, 0.4) is 0 Å². The number of carbonyl (C=O) groups excluding carboxylic acids is 1. The fraction of sp³-hybridized carbons (Fsp3) is 0.545. The molecule has 19 heavy (non-hydrogen) atoms. The molecule has 0 saturated carbocycles. The van der Waals surface area contributed by atoms with Crippen molar-refractivity contribution in [3.05, 3.63) is 20.2 Å². The number of nitrogens with zero attached hydrogens (tertiary/aromatic N) is 1. The average molecular weight is 288 g/mol. The number of likely N-dealkylation sites (N-methyl/N-ethyl adjacent to an activating group) is 1. The van der Waals surface area contributed by atoms with E-state index in [1.165, 1.54) is 0 Å². The van der Waals surface area contributed by atoms with Gasteiger partial charge in [-0.25, -0.2) is 0 Å². The zero-order chi connectivity index (χ0) is 14.4. The summed E-state index contributed by atoms with van der Waals surface area (Å²) in [5, 5.41) is 8.67. The van der Waals surface area contributed by atoms with Crippen molar-refractivity contribution in [3.8, 4) is 0 Å². The minimum absolute atomic E-state index is 0.0111. The van der Waals surface area contributed by atoms with Crippen LogP contribution in [0.25, 0.3) is 0 Å². The second kappa shape index (κ2) is 7.05. The Kier molecular flexibility index (Phi) is 5.71. The van der Waals surface area contributed by atoms with Crippen molar-refractivity contribution < 1.29 is 19.4 Å². The highest BCUT2D eigenvalue weighted by Gasteiger charge is 2.15. The molecule has 0 unspecified atom stereocenters. The van der Waals surface area contributed by atoms with Crippen LogP contribution in [0, 0.1) is 0 Å². The topological polar surface area (TPSA) is 99.7 Å². The van der Waals surface area contributed by atoms with Gasteiger partial charge in [0.2, 0.25) is 0 Å². The molecular formula is C11H16N2O5S. The number of carboxylic acid groups (broad SMARTS) is 1. The zero-order valence-electron chi connectivity index (χ0n) is 10.8. The van der Waals surface area contributed by atoms with Gasteiger partial charge in [0, 0.05) is 17.1 Å². The molecule has 0 saturated heterocycles. The Morgan fingerprint density at radius 2 is 2.16 bits per heavy atom. The van der Waals surface area contributed by atoms with E-state index in [4.69, 9.17) is 9.84 Å². The quantitative estimate of drug-likeness (QED) is 0.688. The molecule has 0 spiro atoms.